The predicted molar refractivity (Wildman–Crippen MR) is 154 cm³/mol. The largest absolute Gasteiger partial charge is 0.467 e. The first kappa shape index (κ1) is 29.2. The van der Waals surface area contributed by atoms with Gasteiger partial charge in [-0.05, 0) is 72.4 Å². The first-order chi connectivity index (χ1) is 20.2. The predicted octanol–water partition coefficient (Wildman–Crippen LogP) is 5.63. The van der Waals surface area contributed by atoms with Crippen molar-refractivity contribution in [2.24, 2.45) is 0 Å². The van der Waals surface area contributed by atoms with Gasteiger partial charge in [0, 0.05) is 18.3 Å². The van der Waals surface area contributed by atoms with E-state index in [2.05, 4.69) is 15.0 Å². The number of aromatic nitrogens is 1. The first-order valence-corrected chi connectivity index (χ1v) is 14.3. The Labute approximate surface area is 248 Å². The van der Waals surface area contributed by atoms with Gasteiger partial charge in [0.25, 0.3) is 17.7 Å². The van der Waals surface area contributed by atoms with Crippen LogP contribution in [0.5, 0.6) is 0 Å². The Kier molecular flexibility index (Phi) is 8.83. The zero-order chi connectivity index (χ0) is 29.8. The average Bonchev–Trinajstić information content (AvgIpc) is 3.76. The summed E-state index contributed by atoms with van der Waals surface area (Å²) >= 11 is 6.78. The van der Waals surface area contributed by atoms with Crippen molar-refractivity contribution >= 4 is 52.2 Å². The molecular formula is C29H26ClF2N5O4S. The van der Waals surface area contributed by atoms with Gasteiger partial charge in [0.05, 0.1) is 17.0 Å². The van der Waals surface area contributed by atoms with Gasteiger partial charge >= 0.3 is 0 Å². The Balaban J connectivity index is 1.51. The summed E-state index contributed by atoms with van der Waals surface area (Å²) in [4.78, 5) is 41.8. The summed E-state index contributed by atoms with van der Waals surface area (Å²) in [7, 11) is 0. The molecule has 1 atom stereocenters. The second-order valence-electron chi connectivity index (χ2n) is 9.76. The molecule has 4 aromatic rings. The number of amides is 3. The highest BCUT2D eigenvalue weighted by Gasteiger charge is 2.38. The average molecular weight is 614 g/mol. The number of nitrogens with one attached hydrogen (secondary N) is 2. The van der Waals surface area contributed by atoms with Crippen molar-refractivity contribution < 1.29 is 27.6 Å². The van der Waals surface area contributed by atoms with Crippen LogP contribution >= 0.6 is 23.1 Å². The van der Waals surface area contributed by atoms with Gasteiger partial charge in [-0.1, -0.05) is 36.6 Å². The molecule has 0 unspecified atom stereocenters. The number of anilines is 2. The van der Waals surface area contributed by atoms with Crippen molar-refractivity contribution in [1.29, 1.82) is 0 Å². The van der Waals surface area contributed by atoms with Crippen LogP contribution in [0.2, 0.25) is 5.02 Å². The van der Waals surface area contributed by atoms with E-state index in [4.69, 9.17) is 21.8 Å². The van der Waals surface area contributed by atoms with Crippen LogP contribution in [0, 0.1) is 11.6 Å². The van der Waals surface area contributed by atoms with E-state index in [9.17, 15) is 23.2 Å². The first-order valence-electron chi connectivity index (χ1n) is 13.1. The smallest absolute Gasteiger partial charge is 0.273 e. The number of rotatable bonds is 9. The molecule has 2 aromatic heterocycles. The van der Waals surface area contributed by atoms with E-state index in [1.54, 1.807) is 6.07 Å². The Hall–Kier alpha value is -4.29. The van der Waals surface area contributed by atoms with E-state index in [1.807, 2.05) is 0 Å². The number of carbonyl (C=O) groups excluding carboxylic acids is 3. The molecule has 9 nitrogen and oxygen atoms in total. The number of halogens is 3. The van der Waals surface area contributed by atoms with Crippen LogP contribution in [-0.2, 0) is 11.3 Å². The highest BCUT2D eigenvalue weighted by Crippen LogP contribution is 2.35. The fourth-order valence-corrected chi connectivity index (χ4v) is 5.69. The highest BCUT2D eigenvalue weighted by atomic mass is 35.5. The lowest BCUT2D eigenvalue weighted by Gasteiger charge is -2.30. The van der Waals surface area contributed by atoms with Crippen LogP contribution < -0.4 is 21.3 Å². The summed E-state index contributed by atoms with van der Waals surface area (Å²) in [6, 6.07) is 10.7. The maximum atomic E-state index is 14.2. The number of furan rings is 1. The van der Waals surface area contributed by atoms with Crippen molar-refractivity contribution in [3.8, 4) is 0 Å². The Bertz CT molecular complexity index is 1590. The molecule has 0 radical (unpaired) electrons. The van der Waals surface area contributed by atoms with E-state index in [1.165, 1.54) is 48.7 Å². The maximum absolute atomic E-state index is 14.2. The number of hydrogen-bond acceptors (Lipinski definition) is 7. The zero-order valence-corrected chi connectivity index (χ0v) is 23.7. The SMILES string of the molecule is Nc1c(C(=O)NC2CCCC2)nsc1C(=O)N(c1ccc(F)c(Cl)c1)[C@H](C(=O)NCc1ccc(F)cc1)c1ccco1. The molecule has 0 bridgehead atoms. The van der Waals surface area contributed by atoms with E-state index < -0.39 is 35.4 Å². The van der Waals surface area contributed by atoms with Crippen LogP contribution in [-0.4, -0.2) is 28.1 Å². The zero-order valence-electron chi connectivity index (χ0n) is 22.1. The monoisotopic (exact) mass is 613 g/mol. The standard InChI is InChI=1S/C29H26ClF2N5O4S/c30-20-14-19(11-12-21(20)32)37(29(40)26-23(33)24(36-42-26)27(38)35-18-4-1-2-5-18)25(22-6-3-13-41-22)28(39)34-15-16-7-9-17(31)10-8-16/h3,6-14,18,25H,1-2,4-5,15,33H2,(H,34,39)(H,35,38)/t25-/m0/s1. The molecule has 1 aliphatic carbocycles. The van der Waals surface area contributed by atoms with Crippen LogP contribution in [0.3, 0.4) is 0 Å². The molecule has 0 aliphatic heterocycles. The molecule has 1 saturated carbocycles. The lowest BCUT2D eigenvalue weighted by molar-refractivity contribution is -0.123. The summed E-state index contributed by atoms with van der Waals surface area (Å²) in [5.74, 6) is -3.02. The Morgan fingerprint density at radius 2 is 1.86 bits per heavy atom. The molecule has 13 heteroatoms. The van der Waals surface area contributed by atoms with Crippen molar-refractivity contribution in [3.63, 3.8) is 0 Å². The summed E-state index contributed by atoms with van der Waals surface area (Å²) < 4.78 is 37.2. The van der Waals surface area contributed by atoms with Gasteiger partial charge in [-0.25, -0.2) is 8.78 Å². The number of nitrogens with two attached hydrogens (primary N) is 1. The minimum absolute atomic E-state index is 0.00347. The third-order valence-corrected chi connectivity index (χ3v) is 8.07. The Morgan fingerprint density at radius 1 is 1.12 bits per heavy atom. The molecule has 3 amide bonds. The number of nitrogen functional groups attached to an aromatic ring is 1. The fourth-order valence-electron chi connectivity index (χ4n) is 4.78. The summed E-state index contributed by atoms with van der Waals surface area (Å²) in [6.45, 7) is 0.0106. The molecule has 4 N–H and O–H groups in total. The van der Waals surface area contributed by atoms with Crippen LogP contribution in [0.25, 0.3) is 0 Å². The molecule has 1 aliphatic rings. The van der Waals surface area contributed by atoms with Gasteiger partial charge in [0.2, 0.25) is 0 Å². The van der Waals surface area contributed by atoms with Gasteiger partial charge in [-0.15, -0.1) is 0 Å². The Morgan fingerprint density at radius 3 is 2.52 bits per heavy atom. The summed E-state index contributed by atoms with van der Waals surface area (Å²) in [6.07, 6.45) is 5.04. The second-order valence-corrected chi connectivity index (χ2v) is 10.9. The fraction of sp³-hybridized carbons (Fsp3) is 0.241. The third kappa shape index (κ3) is 6.29. The van der Waals surface area contributed by atoms with Crippen LogP contribution in [0.4, 0.5) is 20.2 Å². The maximum Gasteiger partial charge on any atom is 0.273 e. The van der Waals surface area contributed by atoms with Gasteiger partial charge in [0.15, 0.2) is 11.7 Å². The molecule has 218 valence electrons. The summed E-state index contributed by atoms with van der Waals surface area (Å²) in [5, 5.41) is 5.35. The van der Waals surface area contributed by atoms with Crippen LogP contribution in [0.15, 0.2) is 65.3 Å². The lowest BCUT2D eigenvalue weighted by Crippen LogP contribution is -2.43. The third-order valence-electron chi connectivity index (χ3n) is 6.93. The van der Waals surface area contributed by atoms with E-state index in [0.29, 0.717) is 17.1 Å². The normalized spacial score (nSPS) is 14.0. The van der Waals surface area contributed by atoms with Crippen molar-refractivity contribution in [3.05, 3.63) is 99.4 Å². The minimum atomic E-state index is -1.41. The lowest BCUT2D eigenvalue weighted by atomic mass is 10.1. The van der Waals surface area contributed by atoms with Crippen molar-refractivity contribution in [2.75, 3.05) is 10.6 Å². The van der Waals surface area contributed by atoms with Gasteiger partial charge in [-0.3, -0.25) is 19.3 Å². The number of hydrogen-bond donors (Lipinski definition) is 3. The highest BCUT2D eigenvalue weighted by molar-refractivity contribution is 7.09. The van der Waals surface area contributed by atoms with Gasteiger partial charge in [0.1, 0.15) is 22.3 Å². The molecule has 5 rings (SSSR count). The van der Waals surface area contributed by atoms with Crippen LogP contribution in [0.1, 0.15) is 63.2 Å². The molecule has 2 heterocycles. The molecule has 0 saturated heterocycles. The van der Waals surface area contributed by atoms with Crippen molar-refractivity contribution in [2.45, 2.75) is 44.3 Å². The van der Waals surface area contributed by atoms with E-state index in [-0.39, 0.29) is 45.3 Å². The molecule has 2 aromatic carbocycles. The van der Waals surface area contributed by atoms with Gasteiger partial charge < -0.3 is 20.8 Å². The van der Waals surface area contributed by atoms with E-state index in [0.717, 1.165) is 36.6 Å². The number of benzene rings is 2. The van der Waals surface area contributed by atoms with E-state index >= 15 is 0 Å². The number of carbonyl (C=O) groups is 3. The number of nitrogens with zero attached hydrogens (tertiary/aromatic N) is 2. The topological polar surface area (TPSA) is 131 Å². The van der Waals surface area contributed by atoms with Gasteiger partial charge in [-0.2, -0.15) is 4.37 Å². The molecule has 42 heavy (non-hydrogen) atoms. The summed E-state index contributed by atoms with van der Waals surface area (Å²) in [5.41, 5.74) is 6.72. The quantitative estimate of drug-likeness (QED) is 0.224. The molecule has 1 fully saturated rings. The second kappa shape index (κ2) is 12.7. The van der Waals surface area contributed by atoms with Crippen molar-refractivity contribution in [1.82, 2.24) is 15.0 Å². The molecule has 0 spiro atoms. The molecular weight excluding hydrogens is 588 g/mol. The minimum Gasteiger partial charge on any atom is -0.467 e.